The topological polar surface area (TPSA) is 76.0 Å². The highest BCUT2D eigenvalue weighted by molar-refractivity contribution is 7.80. The van der Waals surface area contributed by atoms with Crippen LogP contribution in [0.2, 0.25) is 0 Å². The van der Waals surface area contributed by atoms with E-state index in [9.17, 15) is 5.26 Å². The molecule has 0 aliphatic carbocycles. The maximum Gasteiger partial charge on any atom is 0.166 e. The molecule has 27 heavy (non-hydrogen) atoms. The van der Waals surface area contributed by atoms with Crippen molar-refractivity contribution in [3.63, 3.8) is 0 Å². The summed E-state index contributed by atoms with van der Waals surface area (Å²) in [6, 6.07) is 10.2. The maximum atomic E-state index is 9.39. The van der Waals surface area contributed by atoms with Crippen molar-refractivity contribution >= 4 is 34.1 Å². The molecule has 3 N–H and O–H groups in total. The third-order valence-electron chi connectivity index (χ3n) is 4.09. The van der Waals surface area contributed by atoms with Crippen molar-refractivity contribution in [1.29, 1.82) is 5.26 Å². The van der Waals surface area contributed by atoms with Crippen LogP contribution in [0.25, 0.3) is 10.9 Å². The van der Waals surface area contributed by atoms with Crippen LogP contribution in [0.3, 0.4) is 0 Å². The predicted octanol–water partition coefficient (Wildman–Crippen LogP) is 2.63. The third-order valence-corrected chi connectivity index (χ3v) is 4.38. The zero-order valence-electron chi connectivity index (χ0n) is 16.3. The van der Waals surface area contributed by atoms with Crippen LogP contribution in [0.1, 0.15) is 24.0 Å². The van der Waals surface area contributed by atoms with E-state index in [1.165, 1.54) is 0 Å². The van der Waals surface area contributed by atoms with Gasteiger partial charge in [-0.05, 0) is 70.8 Å². The van der Waals surface area contributed by atoms with Gasteiger partial charge in [-0.1, -0.05) is 11.6 Å². The largest absolute Gasteiger partial charge is 0.369 e. The summed E-state index contributed by atoms with van der Waals surface area (Å²) in [5, 5.41) is 20.7. The lowest BCUT2D eigenvalue weighted by molar-refractivity contribution is 0.400. The van der Waals surface area contributed by atoms with Gasteiger partial charge < -0.3 is 20.9 Å². The molecule has 0 bridgehead atoms. The Labute approximate surface area is 167 Å². The number of thiocarbonyl (C=S) groups is 1. The van der Waals surface area contributed by atoms with E-state index in [0.29, 0.717) is 16.5 Å². The summed E-state index contributed by atoms with van der Waals surface area (Å²) in [7, 11) is 4.12. The quantitative estimate of drug-likeness (QED) is 0.453. The number of nitrogens with zero attached hydrogens (tertiary/aromatic N) is 3. The summed E-state index contributed by atoms with van der Waals surface area (Å²) in [6.07, 6.45) is 1.93. The Morgan fingerprint density at radius 2 is 1.89 bits per heavy atom. The Kier molecular flexibility index (Phi) is 8.24. The molecular formula is C20H28N6S. The van der Waals surface area contributed by atoms with Crippen molar-refractivity contribution < 1.29 is 0 Å². The first kappa shape index (κ1) is 20.9. The summed E-state index contributed by atoms with van der Waals surface area (Å²) in [5.41, 5.74) is 2.62. The Morgan fingerprint density at radius 3 is 2.59 bits per heavy atom. The van der Waals surface area contributed by atoms with Gasteiger partial charge in [0, 0.05) is 25.0 Å². The highest BCUT2D eigenvalue weighted by Crippen LogP contribution is 2.21. The van der Waals surface area contributed by atoms with Gasteiger partial charge in [0.05, 0.1) is 11.1 Å². The lowest BCUT2D eigenvalue weighted by Gasteiger charge is -2.13. The molecule has 0 amide bonds. The smallest absolute Gasteiger partial charge is 0.166 e. The number of aromatic nitrogens is 1. The van der Waals surface area contributed by atoms with Crippen LogP contribution < -0.4 is 16.0 Å². The van der Waals surface area contributed by atoms with Crippen LogP contribution in [0, 0.1) is 18.3 Å². The minimum atomic E-state index is 0.569. The highest BCUT2D eigenvalue weighted by Gasteiger charge is 2.06. The van der Waals surface area contributed by atoms with E-state index in [0.717, 1.165) is 55.5 Å². The van der Waals surface area contributed by atoms with Gasteiger partial charge >= 0.3 is 0 Å². The van der Waals surface area contributed by atoms with Crippen molar-refractivity contribution in [3.8, 4) is 6.07 Å². The molecule has 0 atom stereocenters. The van der Waals surface area contributed by atoms with Crippen LogP contribution >= 0.6 is 12.2 Å². The van der Waals surface area contributed by atoms with Gasteiger partial charge in [0.25, 0.3) is 0 Å². The predicted molar refractivity (Wildman–Crippen MR) is 116 cm³/mol. The molecule has 0 saturated carbocycles. The van der Waals surface area contributed by atoms with Crippen molar-refractivity contribution in [3.05, 3.63) is 35.4 Å². The van der Waals surface area contributed by atoms with E-state index >= 15 is 0 Å². The van der Waals surface area contributed by atoms with Gasteiger partial charge in [-0.2, -0.15) is 5.26 Å². The molecule has 0 radical (unpaired) electrons. The van der Waals surface area contributed by atoms with E-state index in [4.69, 9.17) is 12.2 Å². The van der Waals surface area contributed by atoms with Crippen molar-refractivity contribution in [2.24, 2.45) is 0 Å². The Bertz CT molecular complexity index is 812. The van der Waals surface area contributed by atoms with E-state index < -0.39 is 0 Å². The minimum absolute atomic E-state index is 0.569. The molecule has 0 unspecified atom stereocenters. The number of aryl methyl sites for hydroxylation is 1. The van der Waals surface area contributed by atoms with Gasteiger partial charge in [-0.15, -0.1) is 0 Å². The minimum Gasteiger partial charge on any atom is -0.369 e. The summed E-state index contributed by atoms with van der Waals surface area (Å²) in [5.74, 6) is 0.637. The van der Waals surface area contributed by atoms with Crippen molar-refractivity contribution in [2.75, 3.05) is 45.6 Å². The fraction of sp³-hybridized carbons (Fsp3) is 0.450. The maximum absolute atomic E-state index is 9.39. The summed E-state index contributed by atoms with van der Waals surface area (Å²) >= 11 is 5.27. The summed E-state index contributed by atoms with van der Waals surface area (Å²) in [4.78, 5) is 6.74. The highest BCUT2D eigenvalue weighted by atomic mass is 32.1. The van der Waals surface area contributed by atoms with Crippen LogP contribution in [0.4, 0.5) is 5.82 Å². The molecule has 1 heterocycles. The summed E-state index contributed by atoms with van der Waals surface area (Å²) in [6.45, 7) is 5.43. The molecule has 0 aliphatic rings. The SMILES string of the molecule is Cc1ccc2nc(NCCCNC(=S)NCCCN(C)C)c(C#N)cc2c1. The Balaban J connectivity index is 1.74. The number of anilines is 1. The van der Waals surface area contributed by atoms with Crippen LogP contribution in [0.15, 0.2) is 24.3 Å². The second-order valence-electron chi connectivity index (χ2n) is 6.81. The van der Waals surface area contributed by atoms with Gasteiger partial charge in [0.15, 0.2) is 5.11 Å². The number of pyridine rings is 1. The average Bonchev–Trinajstić information content (AvgIpc) is 2.64. The fourth-order valence-corrected chi connectivity index (χ4v) is 2.88. The van der Waals surface area contributed by atoms with E-state index in [-0.39, 0.29) is 0 Å². The molecule has 2 rings (SSSR count). The van der Waals surface area contributed by atoms with Gasteiger partial charge in [-0.3, -0.25) is 0 Å². The number of nitriles is 1. The molecule has 144 valence electrons. The van der Waals surface area contributed by atoms with Gasteiger partial charge in [0.2, 0.25) is 0 Å². The zero-order chi connectivity index (χ0) is 19.6. The Morgan fingerprint density at radius 1 is 1.15 bits per heavy atom. The molecule has 1 aromatic heterocycles. The molecule has 0 spiro atoms. The molecular weight excluding hydrogens is 356 g/mol. The molecule has 0 aliphatic heterocycles. The van der Waals surface area contributed by atoms with Crippen LogP contribution in [-0.2, 0) is 0 Å². The number of rotatable bonds is 9. The van der Waals surface area contributed by atoms with Gasteiger partial charge in [-0.25, -0.2) is 4.98 Å². The second-order valence-corrected chi connectivity index (χ2v) is 7.22. The standard InChI is InChI=1S/C20H28N6S/c1-15-6-7-18-16(12-15)13-17(14-21)19(25-18)22-8-4-9-23-20(27)24-10-5-11-26(2)3/h6-7,12-13H,4-5,8-11H2,1-3H3,(H,22,25)(H2,23,24,27). The average molecular weight is 385 g/mol. The molecule has 0 fully saturated rings. The summed E-state index contributed by atoms with van der Waals surface area (Å²) < 4.78 is 0. The second kappa shape index (κ2) is 10.7. The van der Waals surface area contributed by atoms with Crippen molar-refractivity contribution in [1.82, 2.24) is 20.5 Å². The fourth-order valence-electron chi connectivity index (χ4n) is 2.67. The molecule has 0 saturated heterocycles. The van der Waals surface area contributed by atoms with E-state index in [1.54, 1.807) is 0 Å². The molecule has 7 heteroatoms. The molecule has 1 aromatic carbocycles. The van der Waals surface area contributed by atoms with Crippen LogP contribution in [0.5, 0.6) is 0 Å². The number of hydrogen-bond donors (Lipinski definition) is 3. The van der Waals surface area contributed by atoms with E-state index in [2.05, 4.69) is 46.0 Å². The normalized spacial score (nSPS) is 10.6. The molecule has 6 nitrogen and oxygen atoms in total. The van der Waals surface area contributed by atoms with E-state index in [1.807, 2.05) is 31.2 Å². The zero-order valence-corrected chi connectivity index (χ0v) is 17.1. The molecule has 2 aromatic rings. The monoisotopic (exact) mass is 384 g/mol. The lowest BCUT2D eigenvalue weighted by Crippen LogP contribution is -2.37. The third kappa shape index (κ3) is 7.00. The van der Waals surface area contributed by atoms with Crippen LogP contribution in [-0.4, -0.2) is 55.3 Å². The number of nitrogens with one attached hydrogen (secondary N) is 3. The van der Waals surface area contributed by atoms with Gasteiger partial charge in [0.1, 0.15) is 11.9 Å². The Hall–Kier alpha value is -2.43. The van der Waals surface area contributed by atoms with Crippen molar-refractivity contribution in [2.45, 2.75) is 19.8 Å². The lowest BCUT2D eigenvalue weighted by atomic mass is 10.1. The number of fused-ring (bicyclic) bond motifs is 1. The first-order valence-corrected chi connectivity index (χ1v) is 9.62. The first-order valence-electron chi connectivity index (χ1n) is 9.21. The number of hydrogen-bond acceptors (Lipinski definition) is 5. The first-order chi connectivity index (χ1) is 13.0. The number of benzene rings is 1.